The fourth-order valence-electron chi connectivity index (χ4n) is 2.39. The monoisotopic (exact) mass is 333 g/mol. The van der Waals surface area contributed by atoms with E-state index in [1.807, 2.05) is 12.3 Å². The molecule has 120 valence electrons. The van der Waals surface area contributed by atoms with Crippen LogP contribution in [0.25, 0.3) is 11.3 Å². The lowest BCUT2D eigenvalue weighted by Crippen LogP contribution is -2.47. The molecule has 0 saturated heterocycles. The average Bonchev–Trinajstić information content (AvgIpc) is 2.98. The molecule has 1 amide bonds. The lowest BCUT2D eigenvalue weighted by atomic mass is 9.97. The number of hydrogen-bond acceptors (Lipinski definition) is 6. The number of thiazole rings is 1. The van der Waals surface area contributed by atoms with Crippen molar-refractivity contribution in [1.29, 1.82) is 0 Å². The first-order valence-electron chi connectivity index (χ1n) is 6.93. The Bertz CT molecular complexity index is 818. The Kier molecular flexibility index (Phi) is 3.56. The number of nitrogens with zero attached hydrogens (tertiary/aromatic N) is 3. The zero-order chi connectivity index (χ0) is 16.8. The van der Waals surface area contributed by atoms with E-state index in [2.05, 4.69) is 9.98 Å². The summed E-state index contributed by atoms with van der Waals surface area (Å²) in [5, 5.41) is 2.52. The molecule has 0 unspecified atom stereocenters. The maximum absolute atomic E-state index is 13.3. The zero-order valence-electron chi connectivity index (χ0n) is 12.7. The molecule has 2 heterocycles. The molecule has 1 aromatic carbocycles. The highest BCUT2D eigenvalue weighted by molar-refractivity contribution is 7.10. The van der Waals surface area contributed by atoms with Crippen LogP contribution < -0.4 is 11.5 Å². The molecule has 6 nitrogen and oxygen atoms in total. The summed E-state index contributed by atoms with van der Waals surface area (Å²) in [4.78, 5) is 22.3. The topological polar surface area (TPSA) is 97.6 Å². The average molecular weight is 333 g/mol. The van der Waals surface area contributed by atoms with Crippen LogP contribution in [0.1, 0.15) is 18.4 Å². The number of hydrogen-bond donors (Lipinski definition) is 2. The summed E-state index contributed by atoms with van der Waals surface area (Å²) in [6, 6.07) is 4.46. The van der Waals surface area contributed by atoms with E-state index in [1.54, 1.807) is 13.1 Å². The van der Waals surface area contributed by atoms with Crippen LogP contribution in [-0.2, 0) is 10.3 Å². The molecule has 0 bridgehead atoms. The molecule has 0 spiro atoms. The summed E-state index contributed by atoms with van der Waals surface area (Å²) in [6.45, 7) is 1.83. The number of aromatic nitrogens is 1. The van der Waals surface area contributed by atoms with E-state index in [0.29, 0.717) is 16.3 Å². The number of guanidine groups is 1. The number of carbonyl (C=O) groups is 1. The van der Waals surface area contributed by atoms with Gasteiger partial charge in [-0.05, 0) is 25.1 Å². The van der Waals surface area contributed by atoms with Gasteiger partial charge in [0.2, 0.25) is 5.91 Å². The third kappa shape index (κ3) is 2.65. The lowest BCUT2D eigenvalue weighted by Gasteiger charge is -2.31. The van der Waals surface area contributed by atoms with Crippen molar-refractivity contribution in [1.82, 2.24) is 9.88 Å². The number of halogens is 1. The van der Waals surface area contributed by atoms with Crippen LogP contribution in [-0.4, -0.2) is 28.8 Å². The maximum atomic E-state index is 13.3. The Balaban J connectivity index is 1.98. The minimum absolute atomic E-state index is 0.0694. The van der Waals surface area contributed by atoms with Gasteiger partial charge >= 0.3 is 0 Å². The number of carbonyl (C=O) groups excluding carboxylic acids is 1. The fraction of sp³-hybridized carbons (Fsp3) is 0.267. The van der Waals surface area contributed by atoms with Gasteiger partial charge in [0.15, 0.2) is 5.96 Å². The quantitative estimate of drug-likeness (QED) is 0.821. The van der Waals surface area contributed by atoms with Crippen molar-refractivity contribution in [2.24, 2.45) is 10.7 Å². The van der Waals surface area contributed by atoms with Gasteiger partial charge in [0.05, 0.1) is 17.8 Å². The van der Waals surface area contributed by atoms with Crippen LogP contribution in [0.15, 0.2) is 28.6 Å². The number of nitrogens with two attached hydrogens (primary N) is 2. The molecule has 0 aliphatic carbocycles. The van der Waals surface area contributed by atoms with Crippen LogP contribution in [0.4, 0.5) is 10.1 Å². The number of anilines is 1. The van der Waals surface area contributed by atoms with Gasteiger partial charge in [-0.25, -0.2) is 14.4 Å². The Morgan fingerprint density at radius 2 is 2.13 bits per heavy atom. The molecule has 1 aliphatic rings. The van der Waals surface area contributed by atoms with Crippen LogP contribution in [0, 0.1) is 5.82 Å². The SMILES string of the molecule is CN1C(=O)C[C@@](C)(c2nc(-c3ccc(F)c(N)c3)cs2)N=C1N. The number of amides is 1. The van der Waals surface area contributed by atoms with Crippen molar-refractivity contribution in [3.63, 3.8) is 0 Å². The van der Waals surface area contributed by atoms with Crippen molar-refractivity contribution in [3.05, 3.63) is 34.4 Å². The number of benzene rings is 1. The van der Waals surface area contributed by atoms with Crippen molar-refractivity contribution < 1.29 is 9.18 Å². The van der Waals surface area contributed by atoms with Crippen molar-refractivity contribution >= 4 is 28.9 Å². The number of aliphatic imine (C=N–C) groups is 1. The second kappa shape index (κ2) is 5.31. The Morgan fingerprint density at radius 3 is 2.78 bits per heavy atom. The molecule has 0 radical (unpaired) electrons. The third-order valence-electron chi connectivity index (χ3n) is 3.83. The number of rotatable bonds is 2. The molecule has 23 heavy (non-hydrogen) atoms. The lowest BCUT2D eigenvalue weighted by molar-refractivity contribution is -0.128. The first kappa shape index (κ1) is 15.4. The molecule has 2 aromatic rings. The van der Waals surface area contributed by atoms with E-state index in [0.717, 1.165) is 0 Å². The van der Waals surface area contributed by atoms with E-state index >= 15 is 0 Å². The first-order chi connectivity index (χ1) is 10.8. The van der Waals surface area contributed by atoms with Crippen LogP contribution in [0.2, 0.25) is 0 Å². The highest BCUT2D eigenvalue weighted by Crippen LogP contribution is 2.36. The van der Waals surface area contributed by atoms with Gasteiger partial charge in [-0.2, -0.15) is 0 Å². The van der Waals surface area contributed by atoms with E-state index in [9.17, 15) is 9.18 Å². The Hall–Kier alpha value is -2.48. The van der Waals surface area contributed by atoms with Crippen molar-refractivity contribution in [2.75, 3.05) is 12.8 Å². The minimum Gasteiger partial charge on any atom is -0.396 e. The van der Waals surface area contributed by atoms with Crippen molar-refractivity contribution in [2.45, 2.75) is 18.9 Å². The third-order valence-corrected chi connectivity index (χ3v) is 4.93. The predicted molar refractivity (Wildman–Crippen MR) is 88.3 cm³/mol. The summed E-state index contributed by atoms with van der Waals surface area (Å²) in [7, 11) is 1.59. The van der Waals surface area contributed by atoms with Crippen LogP contribution in [0.3, 0.4) is 0 Å². The van der Waals surface area contributed by atoms with Gasteiger partial charge in [-0.3, -0.25) is 9.69 Å². The highest BCUT2D eigenvalue weighted by atomic mass is 32.1. The van der Waals surface area contributed by atoms with E-state index in [-0.39, 0.29) is 24.0 Å². The highest BCUT2D eigenvalue weighted by Gasteiger charge is 2.38. The van der Waals surface area contributed by atoms with Gasteiger partial charge in [0, 0.05) is 18.0 Å². The minimum atomic E-state index is -0.790. The smallest absolute Gasteiger partial charge is 0.231 e. The van der Waals surface area contributed by atoms with Crippen molar-refractivity contribution in [3.8, 4) is 11.3 Å². The van der Waals surface area contributed by atoms with Gasteiger partial charge in [0.25, 0.3) is 0 Å². The molecule has 1 atom stereocenters. The molecular weight excluding hydrogens is 317 g/mol. The van der Waals surface area contributed by atoms with Gasteiger partial charge in [-0.15, -0.1) is 11.3 Å². The normalized spacial score (nSPS) is 21.4. The first-order valence-corrected chi connectivity index (χ1v) is 7.81. The Morgan fingerprint density at radius 1 is 1.39 bits per heavy atom. The molecule has 1 aliphatic heterocycles. The predicted octanol–water partition coefficient (Wildman–Crippen LogP) is 1.92. The largest absolute Gasteiger partial charge is 0.396 e. The van der Waals surface area contributed by atoms with Crippen LogP contribution >= 0.6 is 11.3 Å². The summed E-state index contributed by atoms with van der Waals surface area (Å²) >= 11 is 1.39. The second-order valence-corrected chi connectivity index (χ2v) is 6.51. The Labute approximate surface area is 136 Å². The molecule has 1 aromatic heterocycles. The molecule has 8 heteroatoms. The molecule has 3 rings (SSSR count). The van der Waals surface area contributed by atoms with E-state index in [4.69, 9.17) is 11.5 Å². The summed E-state index contributed by atoms with van der Waals surface area (Å²) < 4.78 is 13.3. The summed E-state index contributed by atoms with van der Waals surface area (Å²) in [5.41, 5.74) is 12.1. The standard InChI is InChI=1S/C15H16FN5OS/c1-15(6-12(22)21(2)14(18)20-15)13-19-11(7-23-13)8-3-4-9(16)10(17)5-8/h3-5,7H,6,17H2,1-2H3,(H2,18,20)/t15-/m0/s1. The summed E-state index contributed by atoms with van der Waals surface area (Å²) in [6.07, 6.45) is 0.197. The van der Waals surface area contributed by atoms with E-state index < -0.39 is 11.4 Å². The zero-order valence-corrected chi connectivity index (χ0v) is 13.5. The molecule has 0 saturated carbocycles. The van der Waals surface area contributed by atoms with E-state index in [1.165, 1.54) is 28.4 Å². The van der Waals surface area contributed by atoms with Gasteiger partial charge in [-0.1, -0.05) is 0 Å². The molecule has 0 fully saturated rings. The molecular formula is C15H16FN5OS. The second-order valence-electron chi connectivity index (χ2n) is 5.65. The molecule has 4 N–H and O–H groups in total. The summed E-state index contributed by atoms with van der Waals surface area (Å²) in [5.74, 6) is -0.399. The van der Waals surface area contributed by atoms with Crippen LogP contribution in [0.5, 0.6) is 0 Å². The number of nitrogen functional groups attached to an aromatic ring is 1. The maximum Gasteiger partial charge on any atom is 0.231 e. The fourth-order valence-corrected chi connectivity index (χ4v) is 3.32. The van der Waals surface area contributed by atoms with Gasteiger partial charge in [0.1, 0.15) is 16.4 Å². The van der Waals surface area contributed by atoms with Gasteiger partial charge < -0.3 is 11.5 Å².